The van der Waals surface area contributed by atoms with Gasteiger partial charge in [0.2, 0.25) is 0 Å². The van der Waals surface area contributed by atoms with Gasteiger partial charge in [0.25, 0.3) is 5.91 Å². The number of ether oxygens (including phenoxy) is 1. The summed E-state index contributed by atoms with van der Waals surface area (Å²) >= 11 is 11.8. The van der Waals surface area contributed by atoms with Crippen LogP contribution in [-0.4, -0.2) is 18.5 Å². The molecular formula is C17H16Cl2N2O3. The molecule has 0 saturated carbocycles. The van der Waals surface area contributed by atoms with E-state index >= 15 is 0 Å². The first kappa shape index (κ1) is 18.1. The van der Waals surface area contributed by atoms with Gasteiger partial charge >= 0.3 is 5.97 Å². The van der Waals surface area contributed by atoms with Crippen molar-refractivity contribution in [2.75, 3.05) is 12.3 Å². The number of nitrogens with two attached hydrogens (primary N) is 1. The van der Waals surface area contributed by atoms with Crippen LogP contribution >= 0.6 is 23.2 Å². The van der Waals surface area contributed by atoms with E-state index in [0.29, 0.717) is 21.3 Å². The molecule has 0 spiro atoms. The Kier molecular flexibility index (Phi) is 6.06. The molecule has 0 aliphatic heterocycles. The Morgan fingerprint density at radius 2 is 1.79 bits per heavy atom. The van der Waals surface area contributed by atoms with E-state index < -0.39 is 11.9 Å². The molecule has 0 radical (unpaired) electrons. The summed E-state index contributed by atoms with van der Waals surface area (Å²) < 4.78 is 4.97. The second kappa shape index (κ2) is 8.04. The van der Waals surface area contributed by atoms with Gasteiger partial charge in [0.05, 0.1) is 21.7 Å². The lowest BCUT2D eigenvalue weighted by Gasteiger charge is -2.15. The summed E-state index contributed by atoms with van der Waals surface area (Å²) in [5, 5.41) is 3.57. The first-order valence-corrected chi connectivity index (χ1v) is 7.89. The summed E-state index contributed by atoms with van der Waals surface area (Å²) in [6, 6.07) is 11.0. The Morgan fingerprint density at radius 3 is 2.42 bits per heavy atom. The molecule has 0 bridgehead atoms. The number of amides is 1. The normalized spacial score (nSPS) is 11.6. The lowest BCUT2D eigenvalue weighted by atomic mass is 10.1. The number of anilines is 1. The fourth-order valence-corrected chi connectivity index (χ4v) is 2.29. The van der Waals surface area contributed by atoms with E-state index in [0.717, 1.165) is 5.56 Å². The third kappa shape index (κ3) is 4.88. The van der Waals surface area contributed by atoms with Crippen LogP contribution in [0.25, 0.3) is 0 Å². The molecule has 24 heavy (non-hydrogen) atoms. The Hall–Kier alpha value is -2.24. The zero-order valence-electron chi connectivity index (χ0n) is 12.9. The summed E-state index contributed by atoms with van der Waals surface area (Å²) in [6.07, 6.45) is 0. The van der Waals surface area contributed by atoms with Gasteiger partial charge in [0.1, 0.15) is 0 Å². The Balaban J connectivity index is 1.87. The fourth-order valence-electron chi connectivity index (χ4n) is 1.98. The van der Waals surface area contributed by atoms with Crippen molar-refractivity contribution in [1.29, 1.82) is 0 Å². The molecule has 2 aromatic rings. The van der Waals surface area contributed by atoms with Gasteiger partial charge in [-0.3, -0.25) is 4.79 Å². The molecule has 3 N–H and O–H groups in total. The molecule has 7 heteroatoms. The topological polar surface area (TPSA) is 81.4 Å². The summed E-state index contributed by atoms with van der Waals surface area (Å²) in [5.74, 6) is -1.01. The van der Waals surface area contributed by atoms with Crippen LogP contribution in [0, 0.1) is 0 Å². The first-order valence-electron chi connectivity index (χ1n) is 7.14. The average molecular weight is 367 g/mol. The largest absolute Gasteiger partial charge is 0.452 e. The summed E-state index contributed by atoms with van der Waals surface area (Å²) in [7, 11) is 0. The van der Waals surface area contributed by atoms with Crippen molar-refractivity contribution in [3.8, 4) is 0 Å². The highest BCUT2D eigenvalue weighted by atomic mass is 35.5. The van der Waals surface area contributed by atoms with Crippen molar-refractivity contribution in [3.63, 3.8) is 0 Å². The van der Waals surface area contributed by atoms with Crippen LogP contribution in [0.4, 0.5) is 5.69 Å². The molecule has 126 valence electrons. The van der Waals surface area contributed by atoms with Crippen molar-refractivity contribution in [3.05, 3.63) is 63.6 Å². The quantitative estimate of drug-likeness (QED) is 0.625. The number of halogens is 2. The Morgan fingerprint density at radius 1 is 1.12 bits per heavy atom. The van der Waals surface area contributed by atoms with Gasteiger partial charge < -0.3 is 15.8 Å². The minimum atomic E-state index is -0.590. The van der Waals surface area contributed by atoms with Gasteiger partial charge in [-0.15, -0.1) is 0 Å². The monoisotopic (exact) mass is 366 g/mol. The van der Waals surface area contributed by atoms with Crippen LogP contribution in [0.5, 0.6) is 0 Å². The number of nitrogens with one attached hydrogen (secondary N) is 1. The molecule has 1 amide bonds. The first-order chi connectivity index (χ1) is 11.4. The maximum atomic E-state index is 11.9. The SMILES string of the molecule is C[C@@H](NC(=O)COC(=O)c1ccc(N)cc1)c1ccc(Cl)c(Cl)c1. The molecule has 1 atom stereocenters. The number of carbonyl (C=O) groups excluding carboxylic acids is 2. The number of hydrogen-bond donors (Lipinski definition) is 2. The van der Waals surface area contributed by atoms with Gasteiger partial charge in [-0.2, -0.15) is 0 Å². The van der Waals surface area contributed by atoms with Gasteiger partial charge in [-0.25, -0.2) is 4.79 Å². The Bertz CT molecular complexity index is 748. The molecule has 0 aliphatic carbocycles. The van der Waals surface area contributed by atoms with Crippen LogP contribution in [0.15, 0.2) is 42.5 Å². The molecule has 0 saturated heterocycles. The zero-order valence-corrected chi connectivity index (χ0v) is 14.4. The number of hydrogen-bond acceptors (Lipinski definition) is 4. The lowest BCUT2D eigenvalue weighted by Crippen LogP contribution is -2.31. The molecule has 2 aromatic carbocycles. The van der Waals surface area contributed by atoms with Crippen molar-refractivity contribution < 1.29 is 14.3 Å². The molecule has 0 aromatic heterocycles. The van der Waals surface area contributed by atoms with Gasteiger partial charge in [-0.1, -0.05) is 29.3 Å². The van der Waals surface area contributed by atoms with E-state index in [1.165, 1.54) is 12.1 Å². The van der Waals surface area contributed by atoms with Crippen LogP contribution in [0.2, 0.25) is 10.0 Å². The maximum Gasteiger partial charge on any atom is 0.338 e. The highest BCUT2D eigenvalue weighted by molar-refractivity contribution is 6.42. The average Bonchev–Trinajstić information content (AvgIpc) is 2.55. The van der Waals surface area contributed by atoms with Gasteiger partial charge in [-0.05, 0) is 48.9 Å². The molecule has 5 nitrogen and oxygen atoms in total. The van der Waals surface area contributed by atoms with E-state index in [-0.39, 0.29) is 12.6 Å². The number of nitrogen functional groups attached to an aromatic ring is 1. The zero-order chi connectivity index (χ0) is 17.7. The Labute approximate surface area is 149 Å². The molecule has 0 aliphatic rings. The highest BCUT2D eigenvalue weighted by Crippen LogP contribution is 2.25. The lowest BCUT2D eigenvalue weighted by molar-refractivity contribution is -0.124. The van der Waals surface area contributed by atoms with E-state index in [4.69, 9.17) is 33.7 Å². The van der Waals surface area contributed by atoms with Crippen molar-refractivity contribution >= 4 is 40.8 Å². The minimum Gasteiger partial charge on any atom is -0.452 e. The predicted octanol–water partition coefficient (Wildman–Crippen LogP) is 3.61. The number of benzene rings is 2. The van der Waals surface area contributed by atoms with Crippen molar-refractivity contribution in [2.45, 2.75) is 13.0 Å². The van der Waals surface area contributed by atoms with Crippen LogP contribution in [0.3, 0.4) is 0 Å². The summed E-state index contributed by atoms with van der Waals surface area (Å²) in [6.45, 7) is 1.41. The van der Waals surface area contributed by atoms with E-state index in [1.54, 1.807) is 37.3 Å². The number of rotatable bonds is 5. The smallest absolute Gasteiger partial charge is 0.338 e. The van der Waals surface area contributed by atoms with E-state index in [9.17, 15) is 9.59 Å². The molecule has 0 unspecified atom stereocenters. The van der Waals surface area contributed by atoms with Crippen LogP contribution in [-0.2, 0) is 9.53 Å². The molecule has 0 heterocycles. The summed E-state index contributed by atoms with van der Waals surface area (Å²) in [4.78, 5) is 23.7. The van der Waals surface area contributed by atoms with Crippen molar-refractivity contribution in [1.82, 2.24) is 5.32 Å². The van der Waals surface area contributed by atoms with E-state index in [2.05, 4.69) is 5.32 Å². The third-order valence-corrected chi connectivity index (χ3v) is 4.04. The molecule has 2 rings (SSSR count). The van der Waals surface area contributed by atoms with Crippen LogP contribution in [0.1, 0.15) is 28.9 Å². The van der Waals surface area contributed by atoms with Gasteiger partial charge in [0, 0.05) is 5.69 Å². The second-order valence-electron chi connectivity index (χ2n) is 5.16. The number of esters is 1. The highest BCUT2D eigenvalue weighted by Gasteiger charge is 2.14. The van der Waals surface area contributed by atoms with E-state index in [1.807, 2.05) is 0 Å². The molecular weight excluding hydrogens is 351 g/mol. The minimum absolute atomic E-state index is 0.303. The molecule has 0 fully saturated rings. The summed E-state index contributed by atoms with van der Waals surface area (Å²) in [5.41, 5.74) is 7.21. The number of carbonyl (C=O) groups is 2. The standard InChI is InChI=1S/C17H16Cl2N2O3/c1-10(12-4-7-14(18)15(19)8-12)21-16(22)9-24-17(23)11-2-5-13(20)6-3-11/h2-8,10H,9,20H2,1H3,(H,21,22)/t10-/m1/s1. The van der Waals surface area contributed by atoms with Gasteiger partial charge in [0.15, 0.2) is 6.61 Å². The second-order valence-corrected chi connectivity index (χ2v) is 5.98. The maximum absolute atomic E-state index is 11.9. The van der Waals surface area contributed by atoms with Crippen molar-refractivity contribution in [2.24, 2.45) is 0 Å². The predicted molar refractivity (Wildman–Crippen MR) is 94.2 cm³/mol. The third-order valence-electron chi connectivity index (χ3n) is 3.30. The van der Waals surface area contributed by atoms with Crippen LogP contribution < -0.4 is 11.1 Å². The fraction of sp³-hybridized carbons (Fsp3) is 0.176.